The van der Waals surface area contributed by atoms with E-state index in [-0.39, 0.29) is 18.2 Å². The highest BCUT2D eigenvalue weighted by atomic mass is 35.5. The molecule has 2 rings (SSSR count). The van der Waals surface area contributed by atoms with Gasteiger partial charge in [-0.05, 0) is 26.0 Å². The highest BCUT2D eigenvalue weighted by molar-refractivity contribution is 6.32. The van der Waals surface area contributed by atoms with Gasteiger partial charge in [0.25, 0.3) is 5.56 Å². The van der Waals surface area contributed by atoms with Crippen molar-refractivity contribution in [2.24, 2.45) is 5.73 Å². The normalized spacial score (nSPS) is 11.2. The highest BCUT2D eigenvalue weighted by Gasteiger charge is 2.08. The van der Waals surface area contributed by atoms with Gasteiger partial charge in [0, 0.05) is 23.6 Å². The second kappa shape index (κ2) is 5.00. The van der Waals surface area contributed by atoms with Crippen LogP contribution in [0.1, 0.15) is 19.4 Å². The molecule has 0 unspecified atom stereocenters. The maximum atomic E-state index is 11.7. The predicted octanol–water partition coefficient (Wildman–Crippen LogP) is 2.43. The molecule has 0 radical (unpaired) electrons. The number of hydrogen-bond donors (Lipinski definition) is 2. The number of halogens is 1. The number of nitrogens with one attached hydrogen (secondary N) is 1. The van der Waals surface area contributed by atoms with E-state index in [1.165, 1.54) is 0 Å². The van der Waals surface area contributed by atoms with Crippen molar-refractivity contribution < 1.29 is 4.74 Å². The van der Waals surface area contributed by atoms with Gasteiger partial charge >= 0.3 is 0 Å². The van der Waals surface area contributed by atoms with Crippen molar-refractivity contribution in [3.8, 4) is 5.75 Å². The summed E-state index contributed by atoms with van der Waals surface area (Å²) in [5.74, 6) is 0.565. The Balaban J connectivity index is 2.61. The van der Waals surface area contributed by atoms with Gasteiger partial charge in [-0.1, -0.05) is 11.6 Å². The zero-order valence-electron chi connectivity index (χ0n) is 10.3. The Hall–Kier alpha value is -1.52. The lowest BCUT2D eigenvalue weighted by atomic mass is 10.1. The maximum absolute atomic E-state index is 11.7. The summed E-state index contributed by atoms with van der Waals surface area (Å²) in [5.41, 5.74) is 6.55. The number of H-pyrrole nitrogens is 1. The lowest BCUT2D eigenvalue weighted by molar-refractivity contribution is 0.243. The molecule has 4 nitrogen and oxygen atoms in total. The summed E-state index contributed by atoms with van der Waals surface area (Å²) in [4.78, 5) is 14.4. The minimum Gasteiger partial charge on any atom is -0.489 e. The van der Waals surface area contributed by atoms with Gasteiger partial charge < -0.3 is 15.5 Å². The van der Waals surface area contributed by atoms with Crippen LogP contribution in [0.15, 0.2) is 23.0 Å². The van der Waals surface area contributed by atoms with E-state index >= 15 is 0 Å². The van der Waals surface area contributed by atoms with E-state index in [0.717, 1.165) is 5.39 Å². The van der Waals surface area contributed by atoms with E-state index in [2.05, 4.69) is 4.98 Å². The van der Waals surface area contributed by atoms with Crippen LogP contribution in [-0.4, -0.2) is 11.1 Å². The van der Waals surface area contributed by atoms with Gasteiger partial charge in [-0.15, -0.1) is 0 Å². The Morgan fingerprint density at radius 1 is 1.39 bits per heavy atom. The van der Waals surface area contributed by atoms with Gasteiger partial charge in [-0.3, -0.25) is 4.79 Å². The smallest absolute Gasteiger partial charge is 0.252 e. The molecule has 0 aliphatic carbocycles. The summed E-state index contributed by atoms with van der Waals surface area (Å²) >= 11 is 6.13. The summed E-state index contributed by atoms with van der Waals surface area (Å²) in [7, 11) is 0. The van der Waals surface area contributed by atoms with Crippen LogP contribution in [-0.2, 0) is 6.54 Å². The van der Waals surface area contributed by atoms with Crippen molar-refractivity contribution in [3.63, 3.8) is 0 Å². The Morgan fingerprint density at radius 3 is 2.72 bits per heavy atom. The van der Waals surface area contributed by atoms with Gasteiger partial charge in [0.05, 0.1) is 16.6 Å². The topological polar surface area (TPSA) is 68.1 Å². The molecule has 1 aromatic carbocycles. The van der Waals surface area contributed by atoms with E-state index in [4.69, 9.17) is 22.1 Å². The molecule has 1 aromatic heterocycles. The number of ether oxygens (including phenoxy) is 1. The molecule has 0 aliphatic rings. The van der Waals surface area contributed by atoms with Crippen molar-refractivity contribution in [2.45, 2.75) is 26.5 Å². The SMILES string of the molecule is CC(C)Oc1cc2[nH]c(=O)c(CN)cc2cc1Cl. The summed E-state index contributed by atoms with van der Waals surface area (Å²) in [6.07, 6.45) is 0.0231. The molecular formula is C13H15ClN2O2. The fourth-order valence-electron chi connectivity index (χ4n) is 1.75. The molecule has 0 atom stereocenters. The molecule has 0 saturated carbocycles. The molecule has 0 fully saturated rings. The maximum Gasteiger partial charge on any atom is 0.252 e. The predicted molar refractivity (Wildman–Crippen MR) is 73.2 cm³/mol. The molecule has 0 saturated heterocycles. The quantitative estimate of drug-likeness (QED) is 0.897. The van der Waals surface area contributed by atoms with Crippen LogP contribution in [0.4, 0.5) is 0 Å². The molecular weight excluding hydrogens is 252 g/mol. The van der Waals surface area contributed by atoms with E-state index < -0.39 is 0 Å². The van der Waals surface area contributed by atoms with E-state index in [9.17, 15) is 4.79 Å². The fourth-order valence-corrected chi connectivity index (χ4v) is 1.96. The largest absolute Gasteiger partial charge is 0.489 e. The highest BCUT2D eigenvalue weighted by Crippen LogP contribution is 2.29. The lowest BCUT2D eigenvalue weighted by Crippen LogP contribution is -2.15. The molecule has 5 heteroatoms. The van der Waals surface area contributed by atoms with Gasteiger partial charge in [-0.25, -0.2) is 0 Å². The molecule has 1 heterocycles. The number of nitrogens with two attached hydrogens (primary N) is 1. The zero-order valence-corrected chi connectivity index (χ0v) is 11.0. The number of rotatable bonds is 3. The fraction of sp³-hybridized carbons (Fsp3) is 0.308. The molecule has 96 valence electrons. The molecule has 3 N–H and O–H groups in total. The molecule has 2 aromatic rings. The van der Waals surface area contributed by atoms with E-state index in [0.29, 0.717) is 21.9 Å². The van der Waals surface area contributed by atoms with Crippen LogP contribution in [0, 0.1) is 0 Å². The monoisotopic (exact) mass is 266 g/mol. The van der Waals surface area contributed by atoms with Crippen LogP contribution in [0.3, 0.4) is 0 Å². The standard InChI is InChI=1S/C13H15ClN2O2/c1-7(2)18-12-5-11-8(4-10(12)14)3-9(6-15)13(17)16-11/h3-5,7H,6,15H2,1-2H3,(H,16,17). The Labute approximate surface area is 110 Å². The third kappa shape index (κ3) is 2.49. The minimum absolute atomic E-state index is 0.0231. The van der Waals surface area contributed by atoms with Gasteiger partial charge in [0.2, 0.25) is 0 Å². The van der Waals surface area contributed by atoms with Gasteiger partial charge in [0.15, 0.2) is 0 Å². The first-order valence-electron chi connectivity index (χ1n) is 5.73. The molecule has 0 bridgehead atoms. The number of hydrogen-bond acceptors (Lipinski definition) is 3. The first-order valence-corrected chi connectivity index (χ1v) is 6.11. The number of pyridine rings is 1. The van der Waals surface area contributed by atoms with Gasteiger partial charge in [0.1, 0.15) is 5.75 Å². The first-order chi connectivity index (χ1) is 8.51. The first kappa shape index (κ1) is 12.9. The Kier molecular flexibility index (Phi) is 3.59. The van der Waals surface area contributed by atoms with Crippen molar-refractivity contribution in [3.05, 3.63) is 39.1 Å². The van der Waals surface area contributed by atoms with Crippen LogP contribution < -0.4 is 16.0 Å². The van der Waals surface area contributed by atoms with Crippen LogP contribution >= 0.6 is 11.6 Å². The summed E-state index contributed by atoms with van der Waals surface area (Å²) < 4.78 is 5.57. The van der Waals surface area contributed by atoms with Crippen molar-refractivity contribution >= 4 is 22.5 Å². The Morgan fingerprint density at radius 2 is 2.11 bits per heavy atom. The van der Waals surface area contributed by atoms with Crippen molar-refractivity contribution in [2.75, 3.05) is 0 Å². The second-order valence-electron chi connectivity index (χ2n) is 4.36. The molecule has 0 amide bonds. The summed E-state index contributed by atoms with van der Waals surface area (Å²) in [6, 6.07) is 5.25. The van der Waals surface area contributed by atoms with Crippen LogP contribution in [0.25, 0.3) is 10.9 Å². The Bertz CT molecular complexity index is 635. The molecule has 0 spiro atoms. The molecule has 0 aliphatic heterocycles. The molecule has 18 heavy (non-hydrogen) atoms. The van der Waals surface area contributed by atoms with Gasteiger partial charge in [-0.2, -0.15) is 0 Å². The average Bonchev–Trinajstić information content (AvgIpc) is 2.29. The zero-order chi connectivity index (χ0) is 13.3. The average molecular weight is 267 g/mol. The number of benzene rings is 1. The number of aromatic amines is 1. The van der Waals surface area contributed by atoms with Crippen molar-refractivity contribution in [1.29, 1.82) is 0 Å². The van der Waals surface area contributed by atoms with Crippen LogP contribution in [0.5, 0.6) is 5.75 Å². The van der Waals surface area contributed by atoms with Crippen LogP contribution in [0.2, 0.25) is 5.02 Å². The number of fused-ring (bicyclic) bond motifs is 1. The van der Waals surface area contributed by atoms with Crippen molar-refractivity contribution in [1.82, 2.24) is 4.98 Å². The minimum atomic E-state index is -0.178. The summed E-state index contributed by atoms with van der Waals surface area (Å²) in [5, 5.41) is 1.36. The third-order valence-corrected chi connectivity index (χ3v) is 2.85. The second-order valence-corrected chi connectivity index (χ2v) is 4.77. The third-order valence-electron chi connectivity index (χ3n) is 2.56. The lowest BCUT2D eigenvalue weighted by Gasteiger charge is -2.12. The van der Waals surface area contributed by atoms with E-state index in [1.54, 1.807) is 18.2 Å². The number of aromatic nitrogens is 1. The summed E-state index contributed by atoms with van der Waals surface area (Å²) in [6.45, 7) is 4.04. The van der Waals surface area contributed by atoms with E-state index in [1.807, 2.05) is 13.8 Å².